The topological polar surface area (TPSA) is 50.1 Å². The first-order valence-electron chi connectivity index (χ1n) is 8.57. The minimum Gasteiger partial charge on any atom is -0.359 e. The van der Waals surface area contributed by atoms with Crippen LogP contribution in [0.5, 0.6) is 0 Å². The molecule has 0 amide bonds. The molecule has 2 aromatic rings. The van der Waals surface area contributed by atoms with Crippen LogP contribution in [0.2, 0.25) is 0 Å². The van der Waals surface area contributed by atoms with Gasteiger partial charge < -0.3 is 9.80 Å². The molecule has 0 spiro atoms. The van der Waals surface area contributed by atoms with Gasteiger partial charge in [0.1, 0.15) is 5.82 Å². The number of nitrogens with zero attached hydrogens (tertiary/aromatic N) is 6. The highest BCUT2D eigenvalue weighted by molar-refractivity contribution is 5.46. The summed E-state index contributed by atoms with van der Waals surface area (Å²) in [5, 5.41) is 4.25. The molecule has 0 aliphatic carbocycles. The maximum Gasteiger partial charge on any atom is 0.227 e. The van der Waals surface area contributed by atoms with Gasteiger partial charge >= 0.3 is 0 Å². The number of rotatable bonds is 7. The number of hydrogen-bond acceptors (Lipinski definition) is 5. The molecule has 0 atom stereocenters. The van der Waals surface area contributed by atoms with Crippen molar-refractivity contribution in [2.24, 2.45) is 0 Å². The monoisotopic (exact) mass is 314 g/mol. The summed E-state index contributed by atoms with van der Waals surface area (Å²) in [4.78, 5) is 14.0. The van der Waals surface area contributed by atoms with E-state index in [0.717, 1.165) is 56.5 Å². The predicted molar refractivity (Wildman–Crippen MR) is 93.0 cm³/mol. The summed E-state index contributed by atoms with van der Waals surface area (Å²) in [5.74, 6) is 1.93. The Balaban J connectivity index is 1.65. The molecule has 1 fully saturated rings. The molecule has 1 saturated heterocycles. The van der Waals surface area contributed by atoms with Crippen LogP contribution in [0.3, 0.4) is 0 Å². The van der Waals surface area contributed by atoms with E-state index in [1.807, 2.05) is 23.1 Å². The van der Waals surface area contributed by atoms with Gasteiger partial charge in [0.2, 0.25) is 5.95 Å². The quantitative estimate of drug-likeness (QED) is 0.785. The van der Waals surface area contributed by atoms with Crippen LogP contribution in [0.1, 0.15) is 31.9 Å². The lowest BCUT2D eigenvalue weighted by Gasteiger charge is -2.22. The minimum atomic E-state index is 0.899. The van der Waals surface area contributed by atoms with E-state index in [1.54, 1.807) is 0 Å². The summed E-state index contributed by atoms with van der Waals surface area (Å²) in [6, 6.07) is 4.08. The number of aryl methyl sites for hydroxylation is 2. The SMILES string of the molecule is CCc1cc(N(C)CCCn2cccn2)nc(N2CCCC2)n1. The zero-order valence-corrected chi connectivity index (χ0v) is 14.1. The summed E-state index contributed by atoms with van der Waals surface area (Å²) in [6.07, 6.45) is 8.30. The smallest absolute Gasteiger partial charge is 0.227 e. The Bertz CT molecular complexity index is 604. The molecule has 124 valence electrons. The molecule has 1 aliphatic heterocycles. The molecule has 1 aliphatic rings. The van der Waals surface area contributed by atoms with E-state index in [2.05, 4.69) is 34.9 Å². The van der Waals surface area contributed by atoms with E-state index in [1.165, 1.54) is 12.8 Å². The zero-order valence-electron chi connectivity index (χ0n) is 14.1. The molecule has 3 heterocycles. The van der Waals surface area contributed by atoms with E-state index in [4.69, 9.17) is 9.97 Å². The lowest BCUT2D eigenvalue weighted by atomic mass is 10.3. The maximum absolute atomic E-state index is 4.80. The molecule has 2 aromatic heterocycles. The molecule has 23 heavy (non-hydrogen) atoms. The van der Waals surface area contributed by atoms with Crippen LogP contribution >= 0.6 is 0 Å². The number of anilines is 2. The van der Waals surface area contributed by atoms with Crippen molar-refractivity contribution in [3.63, 3.8) is 0 Å². The fraction of sp³-hybridized carbons (Fsp3) is 0.588. The van der Waals surface area contributed by atoms with Crippen LogP contribution in [-0.2, 0) is 13.0 Å². The van der Waals surface area contributed by atoms with E-state index in [-0.39, 0.29) is 0 Å². The molecule has 3 rings (SSSR count). The molecule has 0 saturated carbocycles. The first-order chi connectivity index (χ1) is 11.3. The van der Waals surface area contributed by atoms with E-state index in [9.17, 15) is 0 Å². The number of aromatic nitrogens is 4. The van der Waals surface area contributed by atoms with Gasteiger partial charge in [0, 0.05) is 57.4 Å². The molecular formula is C17H26N6. The van der Waals surface area contributed by atoms with E-state index < -0.39 is 0 Å². The molecule has 0 N–H and O–H groups in total. The van der Waals surface area contributed by atoms with Crippen LogP contribution in [0.4, 0.5) is 11.8 Å². The van der Waals surface area contributed by atoms with Crippen LogP contribution in [0.15, 0.2) is 24.5 Å². The second-order valence-electron chi connectivity index (χ2n) is 6.11. The van der Waals surface area contributed by atoms with Gasteiger partial charge in [-0.3, -0.25) is 4.68 Å². The second-order valence-corrected chi connectivity index (χ2v) is 6.11. The molecule has 0 unspecified atom stereocenters. The van der Waals surface area contributed by atoms with Crippen molar-refractivity contribution in [2.75, 3.05) is 36.5 Å². The Morgan fingerprint density at radius 3 is 2.74 bits per heavy atom. The summed E-state index contributed by atoms with van der Waals surface area (Å²) in [5.41, 5.74) is 1.12. The van der Waals surface area contributed by atoms with Gasteiger partial charge in [-0.15, -0.1) is 0 Å². The highest BCUT2D eigenvalue weighted by Crippen LogP contribution is 2.20. The summed E-state index contributed by atoms with van der Waals surface area (Å²) in [6.45, 7) is 6.20. The average Bonchev–Trinajstić information content (AvgIpc) is 3.28. The van der Waals surface area contributed by atoms with Crippen LogP contribution in [0.25, 0.3) is 0 Å². The largest absolute Gasteiger partial charge is 0.359 e. The Hall–Kier alpha value is -2.11. The lowest BCUT2D eigenvalue weighted by molar-refractivity contribution is 0.577. The van der Waals surface area contributed by atoms with E-state index >= 15 is 0 Å². The fourth-order valence-corrected chi connectivity index (χ4v) is 2.92. The minimum absolute atomic E-state index is 0.899. The Labute approximate surface area is 138 Å². The van der Waals surface area contributed by atoms with Crippen molar-refractivity contribution in [1.82, 2.24) is 19.7 Å². The average molecular weight is 314 g/mol. The fourth-order valence-electron chi connectivity index (χ4n) is 2.92. The second kappa shape index (κ2) is 7.44. The van der Waals surface area contributed by atoms with Gasteiger partial charge in [0.05, 0.1) is 0 Å². The normalized spacial score (nSPS) is 14.4. The van der Waals surface area contributed by atoms with Gasteiger partial charge in [-0.1, -0.05) is 6.92 Å². The van der Waals surface area contributed by atoms with Crippen molar-refractivity contribution >= 4 is 11.8 Å². The van der Waals surface area contributed by atoms with Crippen molar-refractivity contribution < 1.29 is 0 Å². The summed E-state index contributed by atoms with van der Waals surface area (Å²) < 4.78 is 1.97. The van der Waals surface area contributed by atoms with Crippen molar-refractivity contribution in [3.05, 3.63) is 30.2 Å². The molecular weight excluding hydrogens is 288 g/mol. The van der Waals surface area contributed by atoms with Gasteiger partial charge in [0.15, 0.2) is 0 Å². The van der Waals surface area contributed by atoms with Gasteiger partial charge in [-0.2, -0.15) is 10.1 Å². The lowest BCUT2D eigenvalue weighted by Crippen LogP contribution is -2.25. The van der Waals surface area contributed by atoms with Crippen molar-refractivity contribution in [3.8, 4) is 0 Å². The standard InChI is InChI=1S/C17H26N6/c1-3-15-14-16(20-17(19-15)22-10-4-5-11-22)21(2)9-7-13-23-12-6-8-18-23/h6,8,12,14H,3-5,7,9-11,13H2,1-2H3. The molecule has 6 heteroatoms. The van der Waals surface area contributed by atoms with Crippen molar-refractivity contribution in [2.45, 2.75) is 39.2 Å². The first kappa shape index (κ1) is 15.8. The third-order valence-corrected chi connectivity index (χ3v) is 4.34. The molecule has 6 nitrogen and oxygen atoms in total. The third kappa shape index (κ3) is 4.00. The zero-order chi connectivity index (χ0) is 16.1. The predicted octanol–water partition coefficient (Wildman–Crippen LogP) is 2.36. The first-order valence-corrected chi connectivity index (χ1v) is 8.57. The number of hydrogen-bond donors (Lipinski definition) is 0. The summed E-state index contributed by atoms with van der Waals surface area (Å²) >= 11 is 0. The Morgan fingerprint density at radius 1 is 1.22 bits per heavy atom. The Morgan fingerprint density at radius 2 is 2.04 bits per heavy atom. The molecule has 0 bridgehead atoms. The van der Waals surface area contributed by atoms with Gasteiger partial charge in [-0.25, -0.2) is 4.98 Å². The van der Waals surface area contributed by atoms with Crippen LogP contribution in [-0.4, -0.2) is 46.4 Å². The molecule has 0 radical (unpaired) electrons. The maximum atomic E-state index is 4.80. The van der Waals surface area contributed by atoms with Crippen molar-refractivity contribution in [1.29, 1.82) is 0 Å². The Kier molecular flexibility index (Phi) is 5.10. The van der Waals surface area contributed by atoms with E-state index in [0.29, 0.717) is 0 Å². The van der Waals surface area contributed by atoms with Gasteiger partial charge in [0.25, 0.3) is 0 Å². The summed E-state index contributed by atoms with van der Waals surface area (Å²) in [7, 11) is 2.11. The molecule has 0 aromatic carbocycles. The third-order valence-electron chi connectivity index (χ3n) is 4.34. The van der Waals surface area contributed by atoms with Crippen LogP contribution < -0.4 is 9.80 Å². The van der Waals surface area contributed by atoms with Crippen LogP contribution in [0, 0.1) is 0 Å². The highest BCUT2D eigenvalue weighted by atomic mass is 15.3. The highest BCUT2D eigenvalue weighted by Gasteiger charge is 2.17. The van der Waals surface area contributed by atoms with Gasteiger partial charge in [-0.05, 0) is 31.7 Å².